The van der Waals surface area contributed by atoms with Gasteiger partial charge in [-0.3, -0.25) is 18.7 Å². The summed E-state index contributed by atoms with van der Waals surface area (Å²) in [6, 6.07) is 6.59. The van der Waals surface area contributed by atoms with Gasteiger partial charge in [0.15, 0.2) is 17.8 Å². The Labute approximate surface area is 168 Å². The van der Waals surface area contributed by atoms with Crippen molar-refractivity contribution in [1.82, 2.24) is 24.1 Å². The highest BCUT2D eigenvalue weighted by atomic mass is 16.5. The number of aryl methyl sites for hydroxylation is 1. The number of nitrogens with zero attached hydrogens (tertiary/aromatic N) is 5. The van der Waals surface area contributed by atoms with Crippen molar-refractivity contribution in [1.29, 1.82) is 0 Å². The van der Waals surface area contributed by atoms with E-state index < -0.39 is 29.7 Å². The Kier molecular flexibility index (Phi) is 5.76. The molecule has 0 radical (unpaired) electrons. The molecule has 1 aromatic carbocycles. The number of carboxylic acid groups (broad SMARTS) is 1. The monoisotopic (exact) mass is 414 g/mol. The molecule has 0 bridgehead atoms. The van der Waals surface area contributed by atoms with E-state index in [-0.39, 0.29) is 17.7 Å². The Morgan fingerprint density at radius 1 is 1.23 bits per heavy atom. The second-order valence-corrected chi connectivity index (χ2v) is 6.26. The Bertz CT molecular complexity index is 1270. The number of carbonyl (C=O) groups is 2. The van der Waals surface area contributed by atoms with Crippen LogP contribution in [0.2, 0.25) is 0 Å². The summed E-state index contributed by atoms with van der Waals surface area (Å²) in [4.78, 5) is 51.3. The predicted octanol–water partition coefficient (Wildman–Crippen LogP) is -0.953. The summed E-state index contributed by atoms with van der Waals surface area (Å²) >= 11 is 0. The third-order valence-electron chi connectivity index (χ3n) is 4.19. The van der Waals surface area contributed by atoms with Crippen molar-refractivity contribution in [2.45, 2.75) is 6.54 Å². The molecule has 0 saturated carbocycles. The Balaban J connectivity index is 1.74. The van der Waals surface area contributed by atoms with Gasteiger partial charge in [0.1, 0.15) is 12.3 Å². The van der Waals surface area contributed by atoms with E-state index in [2.05, 4.69) is 15.5 Å². The number of hydrogen-bond donors (Lipinski definition) is 2. The van der Waals surface area contributed by atoms with Crippen LogP contribution in [-0.4, -0.2) is 48.5 Å². The molecule has 30 heavy (non-hydrogen) atoms. The van der Waals surface area contributed by atoms with Crippen LogP contribution in [0.5, 0.6) is 5.75 Å². The van der Waals surface area contributed by atoms with Crippen LogP contribution in [-0.2, 0) is 30.2 Å². The average Bonchev–Trinajstić information content (AvgIpc) is 3.13. The lowest BCUT2D eigenvalue weighted by Crippen LogP contribution is -2.38. The van der Waals surface area contributed by atoms with Crippen LogP contribution in [0.1, 0.15) is 5.56 Å². The van der Waals surface area contributed by atoms with Crippen molar-refractivity contribution in [3.8, 4) is 5.75 Å². The molecule has 156 valence electrons. The number of carbonyl (C=O) groups excluding carboxylic acids is 1. The SMILES string of the molecule is Cn1c(=O)c2c(ncn2CC(=O)N/N=C/c2ccccc2OCC(=O)O)n(C)c1=O. The third kappa shape index (κ3) is 4.11. The van der Waals surface area contributed by atoms with E-state index >= 15 is 0 Å². The van der Waals surface area contributed by atoms with Gasteiger partial charge < -0.3 is 14.4 Å². The molecule has 1 amide bonds. The van der Waals surface area contributed by atoms with Gasteiger partial charge in [0.05, 0.1) is 12.5 Å². The number of aliphatic carboxylic acids is 1. The number of hydrogen-bond acceptors (Lipinski definition) is 7. The first-order valence-electron chi connectivity index (χ1n) is 8.66. The van der Waals surface area contributed by atoms with Crippen molar-refractivity contribution < 1.29 is 19.4 Å². The molecule has 3 aromatic rings. The van der Waals surface area contributed by atoms with Crippen molar-refractivity contribution >= 4 is 29.3 Å². The molecule has 12 heteroatoms. The number of aromatic nitrogens is 4. The number of fused-ring (bicyclic) bond motifs is 1. The van der Waals surface area contributed by atoms with Gasteiger partial charge in [0, 0.05) is 19.7 Å². The second kappa shape index (κ2) is 8.43. The minimum atomic E-state index is -1.12. The van der Waals surface area contributed by atoms with E-state index in [1.807, 2.05) is 0 Å². The quantitative estimate of drug-likeness (QED) is 0.374. The molecule has 3 rings (SSSR count). The summed E-state index contributed by atoms with van der Waals surface area (Å²) < 4.78 is 8.63. The minimum Gasteiger partial charge on any atom is -0.481 e. The number of benzene rings is 1. The summed E-state index contributed by atoms with van der Waals surface area (Å²) in [6.07, 6.45) is 2.60. The van der Waals surface area contributed by atoms with E-state index in [0.717, 1.165) is 4.57 Å². The molecule has 0 fully saturated rings. The molecule has 2 aromatic heterocycles. The van der Waals surface area contributed by atoms with Crippen molar-refractivity contribution in [3.63, 3.8) is 0 Å². The molecule has 2 heterocycles. The highest BCUT2D eigenvalue weighted by Gasteiger charge is 2.15. The zero-order valence-electron chi connectivity index (χ0n) is 16.1. The van der Waals surface area contributed by atoms with Crippen LogP contribution in [0.3, 0.4) is 0 Å². The first-order valence-corrected chi connectivity index (χ1v) is 8.66. The molecule has 0 atom stereocenters. The van der Waals surface area contributed by atoms with Gasteiger partial charge in [-0.15, -0.1) is 0 Å². The number of para-hydroxylation sites is 1. The maximum Gasteiger partial charge on any atom is 0.341 e. The van der Waals surface area contributed by atoms with Crippen LogP contribution in [0.25, 0.3) is 11.2 Å². The number of nitrogens with one attached hydrogen (secondary N) is 1. The van der Waals surface area contributed by atoms with Crippen LogP contribution in [0.15, 0.2) is 45.3 Å². The lowest BCUT2D eigenvalue weighted by molar-refractivity contribution is -0.139. The Hall–Kier alpha value is -4.22. The predicted molar refractivity (Wildman–Crippen MR) is 106 cm³/mol. The summed E-state index contributed by atoms with van der Waals surface area (Å²) in [5.74, 6) is -1.36. The largest absolute Gasteiger partial charge is 0.481 e. The van der Waals surface area contributed by atoms with E-state index in [9.17, 15) is 19.2 Å². The van der Waals surface area contributed by atoms with Crippen molar-refractivity contribution in [2.24, 2.45) is 19.2 Å². The van der Waals surface area contributed by atoms with Gasteiger partial charge in [-0.1, -0.05) is 12.1 Å². The zero-order chi connectivity index (χ0) is 21.8. The number of imidazole rings is 1. The van der Waals surface area contributed by atoms with E-state index in [1.54, 1.807) is 24.3 Å². The van der Waals surface area contributed by atoms with Gasteiger partial charge >= 0.3 is 11.7 Å². The van der Waals surface area contributed by atoms with Crippen LogP contribution >= 0.6 is 0 Å². The molecular weight excluding hydrogens is 396 g/mol. The van der Waals surface area contributed by atoms with Crippen LogP contribution in [0.4, 0.5) is 0 Å². The Morgan fingerprint density at radius 2 is 1.97 bits per heavy atom. The first kappa shape index (κ1) is 20.5. The fraction of sp³-hybridized carbons (Fsp3) is 0.222. The summed E-state index contributed by atoms with van der Waals surface area (Å²) in [5, 5.41) is 12.6. The van der Waals surface area contributed by atoms with Gasteiger partial charge in [-0.05, 0) is 12.1 Å². The van der Waals surface area contributed by atoms with E-state index in [0.29, 0.717) is 11.3 Å². The molecule has 12 nitrogen and oxygen atoms in total. The maximum atomic E-state index is 12.4. The average molecular weight is 414 g/mol. The number of amides is 1. The summed E-state index contributed by atoms with van der Waals surface area (Å²) in [7, 11) is 2.82. The lowest BCUT2D eigenvalue weighted by Gasteiger charge is -2.07. The van der Waals surface area contributed by atoms with E-state index in [1.165, 1.54) is 35.8 Å². The van der Waals surface area contributed by atoms with Crippen molar-refractivity contribution in [2.75, 3.05) is 6.61 Å². The standard InChI is InChI=1S/C18H18N6O6/c1-22-16-15(17(28)23(2)18(22)29)24(10-19-16)8-13(25)21-20-7-11-5-3-4-6-12(11)30-9-14(26)27/h3-7,10H,8-9H2,1-2H3,(H,21,25)(H,26,27)/b20-7+. The highest BCUT2D eigenvalue weighted by Crippen LogP contribution is 2.15. The van der Waals surface area contributed by atoms with Crippen LogP contribution < -0.4 is 21.4 Å². The first-order chi connectivity index (χ1) is 14.3. The molecular formula is C18H18N6O6. The third-order valence-corrected chi connectivity index (χ3v) is 4.19. The number of carboxylic acids is 1. The minimum absolute atomic E-state index is 0.117. The Morgan fingerprint density at radius 3 is 2.70 bits per heavy atom. The van der Waals surface area contributed by atoms with Gasteiger partial charge in [-0.2, -0.15) is 5.10 Å². The topological polar surface area (TPSA) is 150 Å². The van der Waals surface area contributed by atoms with Crippen molar-refractivity contribution in [3.05, 3.63) is 57.0 Å². The molecule has 0 aliphatic carbocycles. The number of ether oxygens (including phenoxy) is 1. The molecule has 0 saturated heterocycles. The lowest BCUT2D eigenvalue weighted by atomic mass is 10.2. The van der Waals surface area contributed by atoms with Gasteiger partial charge in [0.25, 0.3) is 11.5 Å². The molecule has 2 N–H and O–H groups in total. The summed E-state index contributed by atoms with van der Waals surface area (Å²) in [6.45, 7) is -0.763. The molecule has 0 aliphatic rings. The van der Waals surface area contributed by atoms with Crippen LogP contribution in [0, 0.1) is 0 Å². The number of rotatable bonds is 7. The fourth-order valence-corrected chi connectivity index (χ4v) is 2.74. The van der Waals surface area contributed by atoms with Gasteiger partial charge in [0.2, 0.25) is 0 Å². The van der Waals surface area contributed by atoms with E-state index in [4.69, 9.17) is 9.84 Å². The fourth-order valence-electron chi connectivity index (χ4n) is 2.74. The number of hydrazone groups is 1. The maximum absolute atomic E-state index is 12.4. The summed E-state index contributed by atoms with van der Waals surface area (Å²) in [5.41, 5.74) is 1.99. The highest BCUT2D eigenvalue weighted by molar-refractivity contribution is 5.85. The zero-order valence-corrected chi connectivity index (χ0v) is 16.1. The second-order valence-electron chi connectivity index (χ2n) is 6.26. The normalized spacial score (nSPS) is 11.1. The molecule has 0 unspecified atom stereocenters. The molecule has 0 spiro atoms. The van der Waals surface area contributed by atoms with Gasteiger partial charge in [-0.25, -0.2) is 20.0 Å². The smallest absolute Gasteiger partial charge is 0.341 e. The molecule has 0 aliphatic heterocycles.